The molecule has 1 atom stereocenters. The lowest BCUT2D eigenvalue weighted by Gasteiger charge is -2.26. The maximum atomic E-state index is 6.07. The fourth-order valence-electron chi connectivity index (χ4n) is 2.28. The molecular formula is C13H20N2O. The Kier molecular flexibility index (Phi) is 3.67. The first-order chi connectivity index (χ1) is 7.81. The van der Waals surface area contributed by atoms with E-state index >= 15 is 0 Å². The molecule has 0 saturated carbocycles. The van der Waals surface area contributed by atoms with Gasteiger partial charge in [-0.2, -0.15) is 0 Å². The van der Waals surface area contributed by atoms with Gasteiger partial charge < -0.3 is 15.4 Å². The van der Waals surface area contributed by atoms with Crippen molar-refractivity contribution in [1.29, 1.82) is 0 Å². The summed E-state index contributed by atoms with van der Waals surface area (Å²) < 4.78 is 5.39. The van der Waals surface area contributed by atoms with Crippen molar-refractivity contribution in [3.63, 3.8) is 0 Å². The van der Waals surface area contributed by atoms with Gasteiger partial charge in [-0.15, -0.1) is 0 Å². The lowest BCUT2D eigenvalue weighted by atomic mass is 10.1. The third kappa shape index (κ3) is 2.47. The highest BCUT2D eigenvalue weighted by Gasteiger charge is 2.17. The minimum Gasteiger partial charge on any atom is -0.495 e. The van der Waals surface area contributed by atoms with Crippen LogP contribution in [0.3, 0.4) is 0 Å². The van der Waals surface area contributed by atoms with Gasteiger partial charge in [0, 0.05) is 19.1 Å². The summed E-state index contributed by atoms with van der Waals surface area (Å²) in [5, 5.41) is 0. The van der Waals surface area contributed by atoms with E-state index in [-0.39, 0.29) is 6.04 Å². The average Bonchev–Trinajstić information content (AvgIpc) is 2.54. The maximum Gasteiger partial charge on any atom is 0.142 e. The quantitative estimate of drug-likeness (QED) is 0.828. The highest BCUT2D eigenvalue weighted by atomic mass is 16.5. The van der Waals surface area contributed by atoms with E-state index < -0.39 is 0 Å². The molecule has 2 N–H and O–H groups in total. The number of hydrogen-bond donors (Lipinski definition) is 1. The Balaban J connectivity index is 2.20. The van der Waals surface area contributed by atoms with Gasteiger partial charge in [0.2, 0.25) is 0 Å². The molecule has 0 amide bonds. The molecule has 88 valence electrons. The summed E-state index contributed by atoms with van der Waals surface area (Å²) in [6, 6.07) is 8.45. The van der Waals surface area contributed by atoms with Crippen LogP contribution >= 0.6 is 0 Å². The van der Waals surface area contributed by atoms with E-state index in [1.807, 2.05) is 18.2 Å². The number of benzene rings is 1. The van der Waals surface area contributed by atoms with Crippen molar-refractivity contribution in [1.82, 2.24) is 0 Å². The van der Waals surface area contributed by atoms with Crippen molar-refractivity contribution in [2.45, 2.75) is 25.3 Å². The Labute approximate surface area is 97.2 Å². The van der Waals surface area contributed by atoms with Crippen molar-refractivity contribution in [3.05, 3.63) is 24.3 Å². The molecule has 0 aliphatic carbocycles. The van der Waals surface area contributed by atoms with E-state index in [1.54, 1.807) is 7.11 Å². The molecule has 1 heterocycles. The third-order valence-electron chi connectivity index (χ3n) is 3.13. The maximum absolute atomic E-state index is 6.07. The van der Waals surface area contributed by atoms with E-state index in [4.69, 9.17) is 10.5 Å². The number of ether oxygens (including phenoxy) is 1. The van der Waals surface area contributed by atoms with Crippen LogP contribution < -0.4 is 15.4 Å². The van der Waals surface area contributed by atoms with Crippen LogP contribution in [0.2, 0.25) is 0 Å². The first-order valence-corrected chi connectivity index (χ1v) is 5.95. The molecule has 16 heavy (non-hydrogen) atoms. The van der Waals surface area contributed by atoms with Crippen LogP contribution in [0.25, 0.3) is 0 Å². The summed E-state index contributed by atoms with van der Waals surface area (Å²) in [7, 11) is 1.72. The molecule has 1 aromatic carbocycles. The van der Waals surface area contributed by atoms with Gasteiger partial charge in [-0.3, -0.25) is 0 Å². The van der Waals surface area contributed by atoms with Gasteiger partial charge in [0.25, 0.3) is 0 Å². The minimum atomic E-state index is 0.285. The molecule has 1 saturated heterocycles. The van der Waals surface area contributed by atoms with E-state index in [1.165, 1.54) is 18.5 Å². The zero-order valence-electron chi connectivity index (χ0n) is 9.86. The summed E-state index contributed by atoms with van der Waals surface area (Å²) in [5.41, 5.74) is 7.24. The highest BCUT2D eigenvalue weighted by molar-refractivity contribution is 5.58. The fraction of sp³-hybridized carbons (Fsp3) is 0.538. The van der Waals surface area contributed by atoms with Crippen molar-refractivity contribution >= 4 is 5.69 Å². The Morgan fingerprint density at radius 2 is 2.12 bits per heavy atom. The summed E-state index contributed by atoms with van der Waals surface area (Å²) in [6.45, 7) is 2.01. The Morgan fingerprint density at radius 3 is 2.94 bits per heavy atom. The van der Waals surface area contributed by atoms with E-state index in [0.29, 0.717) is 0 Å². The molecule has 2 rings (SSSR count). The molecule has 0 spiro atoms. The smallest absolute Gasteiger partial charge is 0.142 e. The van der Waals surface area contributed by atoms with Crippen LogP contribution in [0.15, 0.2) is 24.3 Å². The normalized spacial score (nSPS) is 21.6. The lowest BCUT2D eigenvalue weighted by molar-refractivity contribution is 0.414. The molecule has 0 aromatic heterocycles. The van der Waals surface area contributed by atoms with Crippen LogP contribution in [0, 0.1) is 0 Å². The predicted octanol–water partition coefficient (Wildman–Crippen LogP) is 2.01. The van der Waals surface area contributed by atoms with Gasteiger partial charge in [0.1, 0.15) is 5.75 Å². The molecule has 1 fully saturated rings. The van der Waals surface area contributed by atoms with Crippen LogP contribution in [0.1, 0.15) is 19.3 Å². The fourth-order valence-corrected chi connectivity index (χ4v) is 2.28. The second-order valence-corrected chi connectivity index (χ2v) is 4.37. The van der Waals surface area contributed by atoms with E-state index in [0.717, 1.165) is 25.3 Å². The van der Waals surface area contributed by atoms with Crippen molar-refractivity contribution in [2.75, 3.05) is 25.1 Å². The van der Waals surface area contributed by atoms with Crippen molar-refractivity contribution in [3.8, 4) is 5.75 Å². The predicted molar refractivity (Wildman–Crippen MR) is 67.0 cm³/mol. The lowest BCUT2D eigenvalue weighted by Crippen LogP contribution is -2.35. The number of anilines is 1. The zero-order valence-corrected chi connectivity index (χ0v) is 9.86. The molecule has 0 bridgehead atoms. The van der Waals surface area contributed by atoms with Gasteiger partial charge in [-0.1, -0.05) is 18.6 Å². The van der Waals surface area contributed by atoms with Crippen LogP contribution in [0.4, 0.5) is 5.69 Å². The van der Waals surface area contributed by atoms with E-state index in [9.17, 15) is 0 Å². The average molecular weight is 220 g/mol. The summed E-state index contributed by atoms with van der Waals surface area (Å²) in [5.74, 6) is 0.941. The van der Waals surface area contributed by atoms with Crippen molar-refractivity contribution in [2.24, 2.45) is 5.73 Å². The molecule has 3 nitrogen and oxygen atoms in total. The Bertz CT molecular complexity index is 340. The van der Waals surface area contributed by atoms with Gasteiger partial charge >= 0.3 is 0 Å². The number of nitrogens with zero attached hydrogens (tertiary/aromatic N) is 1. The molecule has 0 radical (unpaired) electrons. The molecule has 1 unspecified atom stereocenters. The first-order valence-electron chi connectivity index (χ1n) is 5.95. The largest absolute Gasteiger partial charge is 0.495 e. The first kappa shape index (κ1) is 11.3. The molecular weight excluding hydrogens is 200 g/mol. The van der Waals surface area contributed by atoms with Crippen LogP contribution in [-0.4, -0.2) is 26.2 Å². The van der Waals surface area contributed by atoms with Gasteiger partial charge in [-0.25, -0.2) is 0 Å². The number of methoxy groups -OCH3 is 1. The Hall–Kier alpha value is -1.22. The second kappa shape index (κ2) is 5.21. The summed E-state index contributed by atoms with van der Waals surface area (Å²) >= 11 is 0. The standard InChI is InChI=1S/C13H20N2O/c1-16-13-8-3-2-7-12(13)15-9-5-4-6-11(14)10-15/h2-3,7-8,11H,4-6,9-10,14H2,1H3. The monoisotopic (exact) mass is 220 g/mol. The minimum absolute atomic E-state index is 0.285. The highest BCUT2D eigenvalue weighted by Crippen LogP contribution is 2.29. The van der Waals surface area contributed by atoms with Gasteiger partial charge in [-0.05, 0) is 25.0 Å². The third-order valence-corrected chi connectivity index (χ3v) is 3.13. The SMILES string of the molecule is COc1ccccc1N1CCCCC(N)C1. The number of nitrogens with two attached hydrogens (primary N) is 1. The van der Waals surface area contributed by atoms with Crippen molar-refractivity contribution < 1.29 is 4.74 Å². The second-order valence-electron chi connectivity index (χ2n) is 4.37. The van der Waals surface area contributed by atoms with Crippen LogP contribution in [0.5, 0.6) is 5.75 Å². The molecule has 1 aliphatic heterocycles. The van der Waals surface area contributed by atoms with Crippen LogP contribution in [-0.2, 0) is 0 Å². The zero-order chi connectivity index (χ0) is 11.4. The van der Waals surface area contributed by atoms with Gasteiger partial charge in [0.15, 0.2) is 0 Å². The van der Waals surface area contributed by atoms with E-state index in [2.05, 4.69) is 11.0 Å². The Morgan fingerprint density at radius 1 is 1.31 bits per heavy atom. The number of rotatable bonds is 2. The van der Waals surface area contributed by atoms with Gasteiger partial charge in [0.05, 0.1) is 12.8 Å². The topological polar surface area (TPSA) is 38.5 Å². The number of hydrogen-bond acceptors (Lipinski definition) is 3. The molecule has 1 aliphatic rings. The number of para-hydroxylation sites is 2. The molecule has 3 heteroatoms. The molecule has 1 aromatic rings. The summed E-state index contributed by atoms with van der Waals surface area (Å²) in [6.07, 6.45) is 3.57. The summed E-state index contributed by atoms with van der Waals surface area (Å²) in [4.78, 5) is 2.34.